The topological polar surface area (TPSA) is 64.9 Å². The van der Waals surface area contributed by atoms with E-state index in [-0.39, 0.29) is 5.82 Å². The normalized spacial score (nSPS) is 10.8. The minimum Gasteiger partial charge on any atom is -0.398 e. The van der Waals surface area contributed by atoms with Gasteiger partial charge in [0.2, 0.25) is 0 Å². The molecule has 2 N–H and O–H groups in total. The third kappa shape index (κ3) is 2.76. The second-order valence-corrected chi connectivity index (χ2v) is 4.86. The molecule has 1 heterocycles. The van der Waals surface area contributed by atoms with Gasteiger partial charge in [0.05, 0.1) is 5.56 Å². The Balaban J connectivity index is 1.90. The molecule has 0 atom stereocenters. The van der Waals surface area contributed by atoms with Crippen LogP contribution in [0.5, 0.6) is 0 Å². The molecule has 0 radical (unpaired) electrons. The fraction of sp³-hybridized carbons (Fsp3) is 0.125. The summed E-state index contributed by atoms with van der Waals surface area (Å²) in [7, 11) is 0. The molecule has 0 unspecified atom stereocenters. The Bertz CT molecular complexity index is 762. The van der Waals surface area contributed by atoms with Gasteiger partial charge < -0.3 is 10.3 Å². The highest BCUT2D eigenvalue weighted by Gasteiger charge is 2.14. The number of hydrogen-bond acceptors (Lipinski definition) is 4. The summed E-state index contributed by atoms with van der Waals surface area (Å²) >= 11 is 0. The summed E-state index contributed by atoms with van der Waals surface area (Å²) in [6, 6.07) is 11.9. The van der Waals surface area contributed by atoms with E-state index >= 15 is 0 Å². The van der Waals surface area contributed by atoms with Crippen LogP contribution in [0.4, 0.5) is 10.1 Å². The zero-order valence-corrected chi connectivity index (χ0v) is 11.5. The highest BCUT2D eigenvalue weighted by Crippen LogP contribution is 2.28. The Morgan fingerprint density at radius 1 is 1.19 bits per heavy atom. The SMILES string of the molecule is Cc1cccc(N)c1-c1nc(Cc2cccc(F)c2)no1. The first kappa shape index (κ1) is 13.3. The molecule has 3 aromatic rings. The van der Waals surface area contributed by atoms with Crippen molar-refractivity contribution in [3.63, 3.8) is 0 Å². The molecule has 0 aliphatic carbocycles. The van der Waals surface area contributed by atoms with Crippen LogP contribution in [0.3, 0.4) is 0 Å². The molecule has 0 saturated carbocycles. The second-order valence-electron chi connectivity index (χ2n) is 4.86. The van der Waals surface area contributed by atoms with Gasteiger partial charge in [-0.3, -0.25) is 0 Å². The van der Waals surface area contributed by atoms with E-state index in [0.29, 0.717) is 23.8 Å². The van der Waals surface area contributed by atoms with Crippen molar-refractivity contribution in [1.29, 1.82) is 0 Å². The lowest BCUT2D eigenvalue weighted by Crippen LogP contribution is -1.94. The highest BCUT2D eigenvalue weighted by molar-refractivity contribution is 5.73. The van der Waals surface area contributed by atoms with Crippen LogP contribution in [0.1, 0.15) is 17.0 Å². The van der Waals surface area contributed by atoms with E-state index in [1.807, 2.05) is 25.1 Å². The number of aryl methyl sites for hydroxylation is 1. The maximum atomic E-state index is 13.2. The van der Waals surface area contributed by atoms with Crippen molar-refractivity contribution in [3.05, 3.63) is 65.2 Å². The van der Waals surface area contributed by atoms with Crippen LogP contribution in [0.15, 0.2) is 47.0 Å². The summed E-state index contributed by atoms with van der Waals surface area (Å²) in [5.41, 5.74) is 9.06. The lowest BCUT2D eigenvalue weighted by atomic mass is 10.1. The van der Waals surface area contributed by atoms with Gasteiger partial charge in [-0.2, -0.15) is 4.98 Å². The maximum Gasteiger partial charge on any atom is 0.260 e. The Morgan fingerprint density at radius 3 is 2.76 bits per heavy atom. The smallest absolute Gasteiger partial charge is 0.260 e. The molecule has 4 nitrogen and oxygen atoms in total. The van der Waals surface area contributed by atoms with E-state index in [1.54, 1.807) is 12.1 Å². The highest BCUT2D eigenvalue weighted by atomic mass is 19.1. The molecule has 21 heavy (non-hydrogen) atoms. The van der Waals surface area contributed by atoms with Crippen LogP contribution in [0, 0.1) is 12.7 Å². The number of hydrogen-bond donors (Lipinski definition) is 1. The van der Waals surface area contributed by atoms with Gasteiger partial charge in [-0.05, 0) is 36.2 Å². The monoisotopic (exact) mass is 283 g/mol. The van der Waals surface area contributed by atoms with Crippen LogP contribution in [-0.4, -0.2) is 10.1 Å². The zero-order chi connectivity index (χ0) is 14.8. The minimum absolute atomic E-state index is 0.278. The van der Waals surface area contributed by atoms with E-state index in [1.165, 1.54) is 12.1 Å². The number of benzene rings is 2. The van der Waals surface area contributed by atoms with Crippen molar-refractivity contribution in [2.45, 2.75) is 13.3 Å². The average molecular weight is 283 g/mol. The molecule has 0 bridgehead atoms. The van der Waals surface area contributed by atoms with Gasteiger partial charge in [-0.1, -0.05) is 29.4 Å². The molecule has 0 aliphatic heterocycles. The molecule has 5 heteroatoms. The molecule has 2 aromatic carbocycles. The minimum atomic E-state index is -0.278. The van der Waals surface area contributed by atoms with Crippen molar-refractivity contribution < 1.29 is 8.91 Å². The molecule has 0 saturated heterocycles. The second kappa shape index (κ2) is 5.36. The number of halogens is 1. The number of rotatable bonds is 3. The van der Waals surface area contributed by atoms with Crippen LogP contribution in [-0.2, 0) is 6.42 Å². The number of nitrogens with two attached hydrogens (primary N) is 1. The summed E-state index contributed by atoms with van der Waals surface area (Å²) < 4.78 is 18.4. The summed E-state index contributed by atoms with van der Waals surface area (Å²) in [6.45, 7) is 1.93. The summed E-state index contributed by atoms with van der Waals surface area (Å²) in [4.78, 5) is 4.35. The Morgan fingerprint density at radius 2 is 2.00 bits per heavy atom. The molecule has 106 valence electrons. The molecule has 1 aromatic heterocycles. The van der Waals surface area contributed by atoms with Crippen molar-refractivity contribution in [2.75, 3.05) is 5.73 Å². The van der Waals surface area contributed by atoms with E-state index in [2.05, 4.69) is 10.1 Å². The lowest BCUT2D eigenvalue weighted by Gasteiger charge is -2.03. The number of nitrogens with zero attached hydrogens (tertiary/aromatic N) is 2. The molecule has 0 aliphatic rings. The zero-order valence-electron chi connectivity index (χ0n) is 11.5. The quantitative estimate of drug-likeness (QED) is 0.748. The van der Waals surface area contributed by atoms with Crippen molar-refractivity contribution in [1.82, 2.24) is 10.1 Å². The van der Waals surface area contributed by atoms with Gasteiger partial charge in [0, 0.05) is 12.1 Å². The summed E-state index contributed by atoms with van der Waals surface area (Å²) in [6.07, 6.45) is 0.410. The van der Waals surface area contributed by atoms with E-state index in [9.17, 15) is 4.39 Å². The molecule has 0 spiro atoms. The predicted octanol–water partition coefficient (Wildman–Crippen LogP) is 3.36. The van der Waals surface area contributed by atoms with E-state index in [0.717, 1.165) is 16.7 Å². The number of nitrogen functional groups attached to an aromatic ring is 1. The number of anilines is 1. The molecular formula is C16H14FN3O. The van der Waals surface area contributed by atoms with Crippen LogP contribution < -0.4 is 5.73 Å². The van der Waals surface area contributed by atoms with E-state index < -0.39 is 0 Å². The first-order valence-electron chi connectivity index (χ1n) is 6.56. The first-order valence-corrected chi connectivity index (χ1v) is 6.56. The predicted molar refractivity (Wildman–Crippen MR) is 78.1 cm³/mol. The van der Waals surface area contributed by atoms with Crippen molar-refractivity contribution >= 4 is 5.69 Å². The van der Waals surface area contributed by atoms with Crippen molar-refractivity contribution in [2.24, 2.45) is 0 Å². The maximum absolute atomic E-state index is 13.2. The van der Waals surface area contributed by atoms with Gasteiger partial charge in [0.1, 0.15) is 5.82 Å². The molecule has 0 amide bonds. The standard InChI is InChI=1S/C16H14FN3O/c1-10-4-2-7-13(18)15(10)16-19-14(20-21-16)9-11-5-3-6-12(17)8-11/h2-8H,9,18H2,1H3. The van der Waals surface area contributed by atoms with Gasteiger partial charge in [0.15, 0.2) is 5.82 Å². The van der Waals surface area contributed by atoms with Crippen molar-refractivity contribution in [3.8, 4) is 11.5 Å². The molecular weight excluding hydrogens is 269 g/mol. The first-order chi connectivity index (χ1) is 10.1. The van der Waals surface area contributed by atoms with Gasteiger partial charge in [-0.15, -0.1) is 0 Å². The Hall–Kier alpha value is -2.69. The van der Waals surface area contributed by atoms with Gasteiger partial charge in [-0.25, -0.2) is 4.39 Å². The lowest BCUT2D eigenvalue weighted by molar-refractivity contribution is 0.424. The third-order valence-electron chi connectivity index (χ3n) is 3.24. The summed E-state index contributed by atoms with van der Waals surface area (Å²) in [5.74, 6) is 0.606. The third-order valence-corrected chi connectivity index (χ3v) is 3.24. The molecule has 3 rings (SSSR count). The van der Waals surface area contributed by atoms with Gasteiger partial charge in [0.25, 0.3) is 5.89 Å². The largest absolute Gasteiger partial charge is 0.398 e. The Labute approximate surface area is 121 Å². The van der Waals surface area contributed by atoms with E-state index in [4.69, 9.17) is 10.3 Å². The summed E-state index contributed by atoms with van der Waals surface area (Å²) in [5, 5.41) is 3.94. The average Bonchev–Trinajstić information content (AvgIpc) is 2.87. The van der Waals surface area contributed by atoms with Crippen LogP contribution >= 0.6 is 0 Å². The van der Waals surface area contributed by atoms with Crippen LogP contribution in [0.2, 0.25) is 0 Å². The Kier molecular flexibility index (Phi) is 3.39. The van der Waals surface area contributed by atoms with Gasteiger partial charge >= 0.3 is 0 Å². The van der Waals surface area contributed by atoms with Crippen LogP contribution in [0.25, 0.3) is 11.5 Å². The number of aromatic nitrogens is 2. The fourth-order valence-corrected chi connectivity index (χ4v) is 2.24. The molecule has 0 fully saturated rings. The fourth-order valence-electron chi connectivity index (χ4n) is 2.24.